The maximum absolute atomic E-state index is 7.91. The summed E-state index contributed by atoms with van der Waals surface area (Å²) in [4.78, 5) is 6.10. The lowest BCUT2D eigenvalue weighted by Crippen LogP contribution is -2.68. The average molecular weight is 198 g/mol. The highest BCUT2D eigenvalue weighted by Gasteiger charge is 2.20. The van der Waals surface area contributed by atoms with Crippen molar-refractivity contribution in [2.24, 2.45) is 10.7 Å². The molecule has 0 aromatic carbocycles. The third-order valence-corrected chi connectivity index (χ3v) is 2.52. The third kappa shape index (κ3) is 2.52. The molecule has 2 atom stereocenters. The zero-order chi connectivity index (χ0) is 10.7. The summed E-state index contributed by atoms with van der Waals surface area (Å²) in [7, 11) is 1.86. The van der Waals surface area contributed by atoms with E-state index in [1.165, 1.54) is 0 Å². The molecule has 0 amide bonds. The molecular formula is C9H20N5+. The van der Waals surface area contributed by atoms with Crippen LogP contribution in [0.3, 0.4) is 0 Å². The smallest absolute Gasteiger partial charge is 0.158 e. The number of nitrogens with one attached hydrogen (secondary N) is 1. The molecule has 1 heterocycles. The molecule has 1 aliphatic rings. The molecule has 0 saturated heterocycles. The molecule has 5 nitrogen and oxygen atoms in total. The van der Waals surface area contributed by atoms with Crippen LogP contribution in [0.2, 0.25) is 0 Å². The van der Waals surface area contributed by atoms with Gasteiger partial charge in [0, 0.05) is 14.0 Å². The fourth-order valence-corrected chi connectivity index (χ4v) is 1.41. The van der Waals surface area contributed by atoms with Crippen molar-refractivity contribution in [2.75, 3.05) is 7.05 Å². The maximum Gasteiger partial charge on any atom is 0.158 e. The predicted octanol–water partition coefficient (Wildman–Crippen LogP) is -0.607. The summed E-state index contributed by atoms with van der Waals surface area (Å²) in [5, 5.41) is 7.91. The molecule has 0 aromatic rings. The molecule has 0 aliphatic carbocycles. The van der Waals surface area contributed by atoms with Gasteiger partial charge in [-0.1, -0.05) is 0 Å². The van der Waals surface area contributed by atoms with Crippen LogP contribution in [-0.2, 0) is 0 Å². The van der Waals surface area contributed by atoms with Gasteiger partial charge in [-0.15, -0.1) is 0 Å². The molecule has 0 saturated carbocycles. The van der Waals surface area contributed by atoms with Gasteiger partial charge >= 0.3 is 0 Å². The second-order valence-electron chi connectivity index (χ2n) is 3.84. The summed E-state index contributed by atoms with van der Waals surface area (Å²) in [6.07, 6.45) is 2.79. The van der Waals surface area contributed by atoms with E-state index in [9.17, 15) is 0 Å². The number of aliphatic imine (C=N–C) groups is 1. The number of hydrogen-bond acceptors (Lipinski definition) is 3. The van der Waals surface area contributed by atoms with Crippen LogP contribution in [0.4, 0.5) is 0 Å². The van der Waals surface area contributed by atoms with Crippen LogP contribution in [0.5, 0.6) is 0 Å². The van der Waals surface area contributed by atoms with Crippen LogP contribution < -0.4 is 11.5 Å². The van der Waals surface area contributed by atoms with Gasteiger partial charge in [0.05, 0.1) is 11.9 Å². The van der Waals surface area contributed by atoms with Crippen molar-refractivity contribution in [2.45, 2.75) is 38.5 Å². The van der Waals surface area contributed by atoms with Crippen LogP contribution in [0.25, 0.3) is 0 Å². The molecule has 2 unspecified atom stereocenters. The first-order chi connectivity index (χ1) is 6.52. The highest BCUT2D eigenvalue weighted by Crippen LogP contribution is 2.11. The number of quaternary nitrogens is 1. The van der Waals surface area contributed by atoms with Crippen LogP contribution >= 0.6 is 0 Å². The highest BCUT2D eigenvalue weighted by atomic mass is 15.2. The van der Waals surface area contributed by atoms with Gasteiger partial charge in [0.1, 0.15) is 5.84 Å². The van der Waals surface area contributed by atoms with Crippen LogP contribution in [0.15, 0.2) is 4.99 Å². The Kier molecular flexibility index (Phi) is 3.60. The summed E-state index contributed by atoms with van der Waals surface area (Å²) in [6, 6.07) is 0. The van der Waals surface area contributed by atoms with Crippen LogP contribution in [0.1, 0.15) is 26.2 Å². The molecule has 0 radical (unpaired) electrons. The van der Waals surface area contributed by atoms with E-state index in [4.69, 9.17) is 11.1 Å². The van der Waals surface area contributed by atoms with Gasteiger partial charge in [-0.3, -0.25) is 10.4 Å². The van der Waals surface area contributed by atoms with E-state index in [1.54, 1.807) is 0 Å². The van der Waals surface area contributed by atoms with Gasteiger partial charge in [-0.25, -0.2) is 0 Å². The number of hydrogen-bond donors (Lipinski definition) is 3. The highest BCUT2D eigenvalue weighted by molar-refractivity contribution is 6.40. The van der Waals surface area contributed by atoms with Crippen molar-refractivity contribution >= 4 is 11.5 Å². The fourth-order valence-electron chi connectivity index (χ4n) is 1.41. The van der Waals surface area contributed by atoms with Crippen molar-refractivity contribution in [3.63, 3.8) is 0 Å². The topological polar surface area (TPSA) is 93.1 Å². The summed E-state index contributed by atoms with van der Waals surface area (Å²) in [5.74, 6) is 0.461. The summed E-state index contributed by atoms with van der Waals surface area (Å²) >= 11 is 0. The largest absolute Gasteiger partial charge is 0.338 e. The summed E-state index contributed by atoms with van der Waals surface area (Å²) < 4.78 is 0. The fraction of sp³-hybridized carbons (Fsp3) is 0.778. The molecule has 1 aliphatic heterocycles. The van der Waals surface area contributed by atoms with Crippen molar-refractivity contribution in [1.82, 2.24) is 4.90 Å². The summed E-state index contributed by atoms with van der Waals surface area (Å²) in [6.45, 7) is 1.96. The molecule has 0 aromatic heterocycles. The van der Waals surface area contributed by atoms with Crippen molar-refractivity contribution < 1.29 is 5.73 Å². The minimum atomic E-state index is -0.118. The van der Waals surface area contributed by atoms with Gasteiger partial charge < -0.3 is 16.4 Å². The minimum Gasteiger partial charge on any atom is -0.338 e. The lowest BCUT2D eigenvalue weighted by atomic mass is 10.1. The third-order valence-electron chi connectivity index (χ3n) is 2.52. The van der Waals surface area contributed by atoms with Crippen molar-refractivity contribution in [1.29, 1.82) is 5.41 Å². The van der Waals surface area contributed by atoms with E-state index in [1.807, 2.05) is 18.9 Å². The molecule has 6 N–H and O–H groups in total. The van der Waals surface area contributed by atoms with Gasteiger partial charge in [-0.05, 0) is 19.3 Å². The number of amidine groups is 1. The number of nitrogens with two attached hydrogens (primary N) is 1. The average Bonchev–Trinajstić information content (AvgIpc) is 2.15. The number of rotatable bonds is 2. The Bertz CT molecular complexity index is 246. The molecule has 1 rings (SSSR count). The first-order valence-corrected chi connectivity index (χ1v) is 4.99. The molecule has 5 heteroatoms. The Morgan fingerprint density at radius 1 is 1.79 bits per heavy atom. The number of nitrogens with zero attached hydrogens (tertiary/aromatic N) is 2. The van der Waals surface area contributed by atoms with Gasteiger partial charge in [0.25, 0.3) is 0 Å². The van der Waals surface area contributed by atoms with Crippen molar-refractivity contribution in [3.05, 3.63) is 0 Å². The Morgan fingerprint density at radius 2 is 2.43 bits per heavy atom. The van der Waals surface area contributed by atoms with E-state index in [0.717, 1.165) is 25.0 Å². The predicted molar refractivity (Wildman–Crippen MR) is 57.1 cm³/mol. The van der Waals surface area contributed by atoms with E-state index >= 15 is 0 Å². The maximum atomic E-state index is 7.91. The Labute approximate surface area is 84.7 Å². The lowest BCUT2D eigenvalue weighted by Gasteiger charge is -2.25. The van der Waals surface area contributed by atoms with Gasteiger partial charge in [0.2, 0.25) is 0 Å². The van der Waals surface area contributed by atoms with E-state index < -0.39 is 0 Å². The first-order valence-electron chi connectivity index (χ1n) is 4.99. The van der Waals surface area contributed by atoms with Crippen molar-refractivity contribution in [3.8, 4) is 0 Å². The van der Waals surface area contributed by atoms with Gasteiger partial charge in [-0.2, -0.15) is 0 Å². The second-order valence-corrected chi connectivity index (χ2v) is 3.84. The SMILES string of the molecule is CC([NH3+])N(C)C(=N)C1=NC(N)CCC1. The normalized spacial score (nSPS) is 24.0. The first kappa shape index (κ1) is 11.1. The lowest BCUT2D eigenvalue weighted by molar-refractivity contribution is -0.441. The molecule has 14 heavy (non-hydrogen) atoms. The Hall–Kier alpha value is -0.940. The standard InChI is InChI=1S/C9H19N5/c1-6(10)14(2)9(12)7-4-3-5-8(11)13-7/h6,8,12H,3-5,10-11H2,1-2H3/p+1. The summed E-state index contributed by atoms with van der Waals surface area (Å²) in [5.41, 5.74) is 10.4. The quantitative estimate of drug-likeness (QED) is 0.314. The van der Waals surface area contributed by atoms with E-state index in [0.29, 0.717) is 5.84 Å². The van der Waals surface area contributed by atoms with E-state index in [-0.39, 0.29) is 12.3 Å². The van der Waals surface area contributed by atoms with E-state index in [2.05, 4.69) is 10.7 Å². The molecule has 0 bridgehead atoms. The van der Waals surface area contributed by atoms with Crippen LogP contribution in [0, 0.1) is 5.41 Å². The zero-order valence-corrected chi connectivity index (χ0v) is 8.95. The minimum absolute atomic E-state index is 0.0864. The zero-order valence-electron chi connectivity index (χ0n) is 8.95. The van der Waals surface area contributed by atoms with Crippen LogP contribution in [-0.4, -0.2) is 35.8 Å². The molecular weight excluding hydrogens is 178 g/mol. The molecule has 0 fully saturated rings. The van der Waals surface area contributed by atoms with Gasteiger partial charge in [0.15, 0.2) is 6.17 Å². The molecule has 0 spiro atoms. The Morgan fingerprint density at radius 3 is 2.93 bits per heavy atom. The molecule has 80 valence electrons. The monoisotopic (exact) mass is 198 g/mol. The second kappa shape index (κ2) is 4.52. The Balaban J connectivity index is 2.69.